The van der Waals surface area contributed by atoms with Crippen molar-refractivity contribution in [1.29, 1.82) is 0 Å². The van der Waals surface area contributed by atoms with Crippen LogP contribution in [0.25, 0.3) is 0 Å². The van der Waals surface area contributed by atoms with Crippen LogP contribution in [-0.2, 0) is 13.0 Å². The van der Waals surface area contributed by atoms with Crippen LogP contribution >= 0.6 is 0 Å². The van der Waals surface area contributed by atoms with Gasteiger partial charge in [-0.1, -0.05) is 36.4 Å². The molecule has 4 heteroatoms. The van der Waals surface area contributed by atoms with Gasteiger partial charge in [-0.15, -0.1) is 0 Å². The Labute approximate surface area is 173 Å². The van der Waals surface area contributed by atoms with Gasteiger partial charge < -0.3 is 9.47 Å². The average molecular weight is 389 g/mol. The number of para-hydroxylation sites is 1. The van der Waals surface area contributed by atoms with Gasteiger partial charge in [0.1, 0.15) is 11.5 Å². The summed E-state index contributed by atoms with van der Waals surface area (Å²) in [5, 5.41) is 0. The van der Waals surface area contributed by atoms with Crippen molar-refractivity contribution in [3.05, 3.63) is 89.2 Å². The summed E-state index contributed by atoms with van der Waals surface area (Å²) in [6.07, 6.45) is 3.14. The van der Waals surface area contributed by atoms with Crippen molar-refractivity contribution >= 4 is 0 Å². The molecule has 0 saturated carbocycles. The van der Waals surface area contributed by atoms with E-state index in [9.17, 15) is 0 Å². The third-order valence-electron chi connectivity index (χ3n) is 5.64. The third-order valence-corrected chi connectivity index (χ3v) is 5.64. The average Bonchev–Trinajstić information content (AvgIpc) is 3.23. The molecule has 1 aliphatic heterocycles. The molecule has 2 heterocycles. The number of ether oxygens (including phenoxy) is 2. The van der Waals surface area contributed by atoms with Crippen molar-refractivity contribution in [2.45, 2.75) is 31.8 Å². The van der Waals surface area contributed by atoms with E-state index >= 15 is 0 Å². The van der Waals surface area contributed by atoms with Crippen LogP contribution in [0.3, 0.4) is 0 Å². The zero-order valence-corrected chi connectivity index (χ0v) is 17.2. The second-order valence-corrected chi connectivity index (χ2v) is 7.52. The molecule has 0 bridgehead atoms. The Balaban J connectivity index is 1.50. The van der Waals surface area contributed by atoms with Crippen LogP contribution in [0.2, 0.25) is 0 Å². The molecule has 1 aromatic heterocycles. The monoisotopic (exact) mass is 388 g/mol. The zero-order chi connectivity index (χ0) is 20.1. The van der Waals surface area contributed by atoms with Crippen molar-refractivity contribution < 1.29 is 9.47 Å². The van der Waals surface area contributed by atoms with E-state index in [1.165, 1.54) is 23.2 Å². The van der Waals surface area contributed by atoms with E-state index in [-0.39, 0.29) is 0 Å². The van der Waals surface area contributed by atoms with Gasteiger partial charge in [-0.3, -0.25) is 9.88 Å². The lowest BCUT2D eigenvalue weighted by Gasteiger charge is -2.24. The lowest BCUT2D eigenvalue weighted by Crippen LogP contribution is -2.23. The van der Waals surface area contributed by atoms with E-state index in [0.29, 0.717) is 6.04 Å². The summed E-state index contributed by atoms with van der Waals surface area (Å²) in [5.74, 6) is 1.82. The maximum Gasteiger partial charge on any atom is 0.122 e. The molecule has 0 amide bonds. The van der Waals surface area contributed by atoms with Gasteiger partial charge in [0.25, 0.3) is 0 Å². The molecular formula is C25H28N2O2. The Hall–Kier alpha value is -2.85. The number of methoxy groups -OCH3 is 2. The number of rotatable bonds is 7. The summed E-state index contributed by atoms with van der Waals surface area (Å²) in [7, 11) is 3.42. The maximum absolute atomic E-state index is 5.50. The van der Waals surface area contributed by atoms with Gasteiger partial charge in [0, 0.05) is 24.2 Å². The zero-order valence-electron chi connectivity index (χ0n) is 17.2. The molecule has 0 spiro atoms. The molecule has 1 fully saturated rings. The summed E-state index contributed by atoms with van der Waals surface area (Å²) in [4.78, 5) is 7.57. The van der Waals surface area contributed by atoms with Gasteiger partial charge in [-0.05, 0) is 55.3 Å². The highest BCUT2D eigenvalue weighted by Crippen LogP contribution is 2.33. The Morgan fingerprint density at radius 3 is 2.55 bits per heavy atom. The normalized spacial score (nSPS) is 16.7. The lowest BCUT2D eigenvalue weighted by molar-refractivity contribution is 0.244. The van der Waals surface area contributed by atoms with Crippen molar-refractivity contribution in [3.63, 3.8) is 0 Å². The fourth-order valence-corrected chi connectivity index (χ4v) is 4.14. The van der Waals surface area contributed by atoms with Gasteiger partial charge in [-0.2, -0.15) is 0 Å². The first-order valence-corrected chi connectivity index (χ1v) is 10.2. The van der Waals surface area contributed by atoms with E-state index in [2.05, 4.69) is 47.4 Å². The van der Waals surface area contributed by atoms with Gasteiger partial charge in [-0.25, -0.2) is 0 Å². The second-order valence-electron chi connectivity index (χ2n) is 7.52. The molecule has 2 aromatic carbocycles. The quantitative estimate of drug-likeness (QED) is 0.569. The molecule has 0 unspecified atom stereocenters. The highest BCUT2D eigenvalue weighted by atomic mass is 16.5. The van der Waals surface area contributed by atoms with Gasteiger partial charge in [0.15, 0.2) is 0 Å². The largest absolute Gasteiger partial charge is 0.497 e. The van der Waals surface area contributed by atoms with Crippen LogP contribution in [0.4, 0.5) is 0 Å². The molecule has 1 atom stereocenters. The summed E-state index contributed by atoms with van der Waals surface area (Å²) in [6.45, 7) is 2.04. The molecule has 4 nitrogen and oxygen atoms in total. The molecule has 29 heavy (non-hydrogen) atoms. The van der Waals surface area contributed by atoms with E-state index in [4.69, 9.17) is 14.5 Å². The maximum atomic E-state index is 5.50. The van der Waals surface area contributed by atoms with Crippen molar-refractivity contribution in [2.75, 3.05) is 20.8 Å². The number of likely N-dealkylation sites (tertiary alicyclic amines) is 1. The highest BCUT2D eigenvalue weighted by molar-refractivity contribution is 5.36. The standard InChI is InChI=1S/C25H28N2O2/c1-28-22-14-12-19(13-15-22)18-27-16-6-10-24(27)23-9-5-8-21(26-23)17-20-7-3-4-11-25(20)29-2/h3-5,7-9,11-15,24H,6,10,16-18H2,1-2H3/t24-/m1/s1. The van der Waals surface area contributed by atoms with Crippen LogP contribution in [0, 0.1) is 0 Å². The topological polar surface area (TPSA) is 34.6 Å². The fraction of sp³-hybridized carbons (Fsp3) is 0.320. The first-order chi connectivity index (χ1) is 14.3. The van der Waals surface area contributed by atoms with Crippen LogP contribution in [0.1, 0.15) is 41.4 Å². The van der Waals surface area contributed by atoms with Crippen LogP contribution in [0.5, 0.6) is 11.5 Å². The van der Waals surface area contributed by atoms with Crippen molar-refractivity contribution in [2.24, 2.45) is 0 Å². The minimum atomic E-state index is 0.370. The Bertz CT molecular complexity index is 940. The number of benzene rings is 2. The van der Waals surface area contributed by atoms with Gasteiger partial charge in [0.2, 0.25) is 0 Å². The summed E-state index contributed by atoms with van der Waals surface area (Å²) in [5.41, 5.74) is 4.73. The number of hydrogen-bond donors (Lipinski definition) is 0. The Morgan fingerprint density at radius 1 is 0.931 bits per heavy atom. The van der Waals surface area contributed by atoms with Crippen molar-refractivity contribution in [1.82, 2.24) is 9.88 Å². The Kier molecular flexibility index (Phi) is 6.11. The predicted molar refractivity (Wildman–Crippen MR) is 115 cm³/mol. The van der Waals surface area contributed by atoms with Gasteiger partial charge in [0.05, 0.1) is 26.0 Å². The molecule has 0 aliphatic carbocycles. The molecule has 0 radical (unpaired) electrons. The minimum absolute atomic E-state index is 0.370. The van der Waals surface area contributed by atoms with Crippen LogP contribution < -0.4 is 9.47 Å². The van der Waals surface area contributed by atoms with Crippen LogP contribution in [0.15, 0.2) is 66.7 Å². The minimum Gasteiger partial charge on any atom is -0.497 e. The molecule has 1 aliphatic rings. The predicted octanol–water partition coefficient (Wildman–Crippen LogP) is 5.03. The number of nitrogens with zero attached hydrogens (tertiary/aromatic N) is 2. The third kappa shape index (κ3) is 4.60. The smallest absolute Gasteiger partial charge is 0.122 e. The van der Waals surface area contributed by atoms with E-state index in [1.54, 1.807) is 14.2 Å². The highest BCUT2D eigenvalue weighted by Gasteiger charge is 2.27. The molecule has 150 valence electrons. The van der Waals surface area contributed by atoms with E-state index < -0.39 is 0 Å². The summed E-state index contributed by atoms with van der Waals surface area (Å²) in [6, 6.07) is 23.3. The van der Waals surface area contributed by atoms with Crippen LogP contribution in [-0.4, -0.2) is 30.6 Å². The van der Waals surface area contributed by atoms with E-state index in [1.807, 2.05) is 24.3 Å². The molecule has 4 rings (SSSR count). The SMILES string of the molecule is COc1ccc(CN2CCC[C@@H]2c2cccc(Cc3ccccc3OC)n2)cc1. The fourth-order valence-electron chi connectivity index (χ4n) is 4.14. The lowest BCUT2D eigenvalue weighted by atomic mass is 10.1. The first kappa shape index (κ1) is 19.5. The summed E-state index contributed by atoms with van der Waals surface area (Å²) >= 11 is 0. The Morgan fingerprint density at radius 2 is 1.76 bits per heavy atom. The molecule has 3 aromatic rings. The molecule has 1 saturated heterocycles. The summed E-state index contributed by atoms with van der Waals surface area (Å²) < 4.78 is 10.8. The molecule has 0 N–H and O–H groups in total. The number of hydrogen-bond acceptors (Lipinski definition) is 4. The first-order valence-electron chi connectivity index (χ1n) is 10.2. The van der Waals surface area contributed by atoms with E-state index in [0.717, 1.165) is 43.1 Å². The number of pyridine rings is 1. The molecular weight excluding hydrogens is 360 g/mol. The second kappa shape index (κ2) is 9.10. The number of aromatic nitrogens is 1. The van der Waals surface area contributed by atoms with Gasteiger partial charge >= 0.3 is 0 Å². The van der Waals surface area contributed by atoms with Crippen molar-refractivity contribution in [3.8, 4) is 11.5 Å².